The first-order valence-electron chi connectivity index (χ1n) is 7.84. The highest BCUT2D eigenvalue weighted by molar-refractivity contribution is 5.93. The highest BCUT2D eigenvalue weighted by Crippen LogP contribution is 2.28. The molecule has 2 aromatic carbocycles. The number of carbonyl (C=O) groups is 1. The lowest BCUT2D eigenvalue weighted by Gasteiger charge is -2.10. The van der Waals surface area contributed by atoms with Gasteiger partial charge < -0.3 is 19.2 Å². The number of anilines is 2. The molecule has 128 valence electrons. The van der Waals surface area contributed by atoms with Crippen molar-refractivity contribution in [1.82, 2.24) is 4.98 Å². The first-order chi connectivity index (χ1) is 12.2. The molecule has 1 heterocycles. The molecule has 25 heavy (non-hydrogen) atoms. The van der Waals surface area contributed by atoms with Gasteiger partial charge in [-0.15, -0.1) is 0 Å². The van der Waals surface area contributed by atoms with Crippen LogP contribution in [0.25, 0.3) is 11.3 Å². The zero-order valence-corrected chi connectivity index (χ0v) is 14.0. The van der Waals surface area contributed by atoms with E-state index in [0.29, 0.717) is 35.4 Å². The molecule has 1 aromatic heterocycles. The molecule has 0 aliphatic carbocycles. The normalized spacial score (nSPS) is 10.3. The van der Waals surface area contributed by atoms with Crippen LogP contribution in [0.2, 0.25) is 0 Å². The largest absolute Gasteiger partial charge is 0.496 e. The standard InChI is InChI=1S/C19H18N2O4/c1-3-24-18(22)15-10-9-14(11-16(15)23-2)21-19-20-12-17(25-19)13-7-5-4-6-8-13/h4-12H,3H2,1-2H3,(H,20,21). The van der Waals surface area contributed by atoms with Crippen molar-refractivity contribution in [3.63, 3.8) is 0 Å². The van der Waals surface area contributed by atoms with Gasteiger partial charge in [-0.1, -0.05) is 30.3 Å². The van der Waals surface area contributed by atoms with Gasteiger partial charge in [-0.05, 0) is 19.1 Å². The molecule has 1 N–H and O–H groups in total. The Kier molecular flexibility index (Phi) is 4.99. The second kappa shape index (κ2) is 7.53. The van der Waals surface area contributed by atoms with E-state index in [9.17, 15) is 4.79 Å². The van der Waals surface area contributed by atoms with Crippen molar-refractivity contribution in [1.29, 1.82) is 0 Å². The average Bonchev–Trinajstić information content (AvgIpc) is 3.11. The van der Waals surface area contributed by atoms with Gasteiger partial charge in [-0.3, -0.25) is 0 Å². The molecule has 0 radical (unpaired) electrons. The smallest absolute Gasteiger partial charge is 0.341 e. The molecule has 0 amide bonds. The van der Waals surface area contributed by atoms with Gasteiger partial charge in [0.2, 0.25) is 0 Å². The Balaban J connectivity index is 1.79. The van der Waals surface area contributed by atoms with Gasteiger partial charge in [0, 0.05) is 17.3 Å². The summed E-state index contributed by atoms with van der Waals surface area (Å²) in [7, 11) is 1.50. The number of rotatable bonds is 6. The van der Waals surface area contributed by atoms with Crippen LogP contribution >= 0.6 is 0 Å². The van der Waals surface area contributed by atoms with Crippen LogP contribution in [0.3, 0.4) is 0 Å². The van der Waals surface area contributed by atoms with Crippen molar-refractivity contribution in [2.75, 3.05) is 19.0 Å². The summed E-state index contributed by atoms with van der Waals surface area (Å²) in [4.78, 5) is 16.1. The van der Waals surface area contributed by atoms with Gasteiger partial charge in [0.25, 0.3) is 6.01 Å². The van der Waals surface area contributed by atoms with Gasteiger partial charge in [0.05, 0.1) is 19.9 Å². The van der Waals surface area contributed by atoms with Crippen molar-refractivity contribution in [3.8, 4) is 17.1 Å². The minimum absolute atomic E-state index is 0.306. The number of carbonyl (C=O) groups excluding carboxylic acids is 1. The third kappa shape index (κ3) is 3.80. The van der Waals surface area contributed by atoms with E-state index in [1.54, 1.807) is 31.3 Å². The van der Waals surface area contributed by atoms with Crippen LogP contribution in [0, 0.1) is 0 Å². The van der Waals surface area contributed by atoms with Gasteiger partial charge in [0.1, 0.15) is 11.3 Å². The van der Waals surface area contributed by atoms with Gasteiger partial charge in [-0.25, -0.2) is 9.78 Å². The van der Waals surface area contributed by atoms with Crippen LogP contribution in [0.1, 0.15) is 17.3 Å². The number of esters is 1. The van der Waals surface area contributed by atoms with E-state index in [-0.39, 0.29) is 0 Å². The summed E-state index contributed by atoms with van der Waals surface area (Å²) < 4.78 is 16.0. The van der Waals surface area contributed by atoms with Crippen molar-refractivity contribution in [2.45, 2.75) is 6.92 Å². The monoisotopic (exact) mass is 338 g/mol. The Labute approximate surface area is 145 Å². The minimum Gasteiger partial charge on any atom is -0.496 e. The number of benzene rings is 2. The summed E-state index contributed by atoms with van der Waals surface area (Å²) >= 11 is 0. The fourth-order valence-corrected chi connectivity index (χ4v) is 2.34. The maximum absolute atomic E-state index is 11.9. The highest BCUT2D eigenvalue weighted by atomic mass is 16.5. The first kappa shape index (κ1) is 16.6. The Morgan fingerprint density at radius 2 is 2.00 bits per heavy atom. The van der Waals surface area contributed by atoms with E-state index in [2.05, 4.69) is 10.3 Å². The summed E-state index contributed by atoms with van der Waals surface area (Å²) in [6, 6.07) is 15.1. The molecular formula is C19H18N2O4. The Hall–Kier alpha value is -3.28. The Bertz CT molecular complexity index is 859. The zero-order chi connectivity index (χ0) is 17.6. The molecule has 0 bridgehead atoms. The van der Waals surface area contributed by atoms with Crippen molar-refractivity contribution in [2.24, 2.45) is 0 Å². The van der Waals surface area contributed by atoms with Crippen molar-refractivity contribution < 1.29 is 18.7 Å². The summed E-state index contributed by atoms with van der Waals surface area (Å²) in [5, 5.41) is 3.06. The van der Waals surface area contributed by atoms with Crippen LogP contribution in [0.4, 0.5) is 11.7 Å². The summed E-state index contributed by atoms with van der Waals surface area (Å²) in [5.74, 6) is 0.657. The van der Waals surface area contributed by atoms with Crippen LogP contribution in [0.5, 0.6) is 5.75 Å². The molecule has 0 atom stereocenters. The Morgan fingerprint density at radius 1 is 1.20 bits per heavy atom. The van der Waals surface area contributed by atoms with E-state index < -0.39 is 5.97 Å². The Morgan fingerprint density at radius 3 is 2.72 bits per heavy atom. The number of oxazole rings is 1. The van der Waals surface area contributed by atoms with E-state index in [4.69, 9.17) is 13.9 Å². The lowest BCUT2D eigenvalue weighted by Crippen LogP contribution is -2.07. The maximum Gasteiger partial charge on any atom is 0.341 e. The molecule has 0 aliphatic rings. The third-order valence-corrected chi connectivity index (χ3v) is 3.51. The summed E-state index contributed by atoms with van der Waals surface area (Å²) in [6.07, 6.45) is 1.65. The van der Waals surface area contributed by atoms with Crippen LogP contribution < -0.4 is 10.1 Å². The molecule has 3 aromatic rings. The molecule has 0 aliphatic heterocycles. The zero-order valence-electron chi connectivity index (χ0n) is 14.0. The van der Waals surface area contributed by atoms with Gasteiger partial charge >= 0.3 is 5.97 Å². The summed E-state index contributed by atoms with van der Waals surface area (Å²) in [6.45, 7) is 2.06. The number of ether oxygens (including phenoxy) is 2. The number of nitrogens with one attached hydrogen (secondary N) is 1. The average molecular weight is 338 g/mol. The lowest BCUT2D eigenvalue weighted by atomic mass is 10.2. The molecule has 0 spiro atoms. The number of hydrogen-bond donors (Lipinski definition) is 1. The molecule has 0 unspecified atom stereocenters. The first-order valence-corrected chi connectivity index (χ1v) is 7.84. The predicted molar refractivity (Wildman–Crippen MR) is 94.2 cm³/mol. The van der Waals surface area contributed by atoms with Gasteiger partial charge in [-0.2, -0.15) is 0 Å². The second-order valence-electron chi connectivity index (χ2n) is 5.16. The molecule has 6 heteroatoms. The molecular weight excluding hydrogens is 320 g/mol. The predicted octanol–water partition coefficient (Wildman–Crippen LogP) is 4.27. The van der Waals surface area contributed by atoms with Crippen molar-refractivity contribution in [3.05, 3.63) is 60.3 Å². The molecule has 6 nitrogen and oxygen atoms in total. The van der Waals surface area contributed by atoms with E-state index in [1.807, 2.05) is 30.3 Å². The molecule has 3 rings (SSSR count). The van der Waals surface area contributed by atoms with Crippen molar-refractivity contribution >= 4 is 17.7 Å². The lowest BCUT2D eigenvalue weighted by molar-refractivity contribution is 0.0523. The van der Waals surface area contributed by atoms with E-state index in [1.165, 1.54) is 7.11 Å². The fraction of sp³-hybridized carbons (Fsp3) is 0.158. The molecule has 0 saturated carbocycles. The van der Waals surface area contributed by atoms with Crippen LogP contribution in [-0.2, 0) is 4.74 Å². The van der Waals surface area contributed by atoms with Crippen LogP contribution in [-0.4, -0.2) is 24.7 Å². The topological polar surface area (TPSA) is 73.6 Å². The molecule has 0 fully saturated rings. The van der Waals surface area contributed by atoms with E-state index in [0.717, 1.165) is 5.56 Å². The SMILES string of the molecule is CCOC(=O)c1ccc(Nc2ncc(-c3ccccc3)o2)cc1OC. The number of aromatic nitrogens is 1. The third-order valence-electron chi connectivity index (χ3n) is 3.51. The second-order valence-corrected chi connectivity index (χ2v) is 5.16. The van der Waals surface area contributed by atoms with E-state index >= 15 is 0 Å². The number of methoxy groups -OCH3 is 1. The quantitative estimate of drug-likeness (QED) is 0.677. The fourth-order valence-electron chi connectivity index (χ4n) is 2.34. The molecule has 0 saturated heterocycles. The number of nitrogens with zero attached hydrogens (tertiary/aromatic N) is 1. The highest BCUT2D eigenvalue weighted by Gasteiger charge is 2.14. The minimum atomic E-state index is -0.423. The van der Waals surface area contributed by atoms with Gasteiger partial charge in [0.15, 0.2) is 5.76 Å². The number of hydrogen-bond acceptors (Lipinski definition) is 6. The summed E-state index contributed by atoms with van der Waals surface area (Å²) in [5.41, 5.74) is 2.00. The van der Waals surface area contributed by atoms with Crippen LogP contribution in [0.15, 0.2) is 59.1 Å². The maximum atomic E-state index is 11.9.